The lowest BCUT2D eigenvalue weighted by Crippen LogP contribution is -2.33. The number of ether oxygens (including phenoxy) is 1. The van der Waals surface area contributed by atoms with Crippen molar-refractivity contribution in [3.05, 3.63) is 65.6 Å². The van der Waals surface area contributed by atoms with E-state index in [0.29, 0.717) is 4.88 Å². The second-order valence-electron chi connectivity index (χ2n) is 7.91. The molecule has 0 saturated carbocycles. The number of hydrogen-bond acceptors (Lipinski definition) is 6. The molecule has 0 fully saturated rings. The number of thiophene rings is 1. The highest BCUT2D eigenvalue weighted by molar-refractivity contribution is 7.93. The van der Waals surface area contributed by atoms with E-state index in [0.717, 1.165) is 11.3 Å². The van der Waals surface area contributed by atoms with Gasteiger partial charge in [0.25, 0.3) is 0 Å². The lowest BCUT2D eigenvalue weighted by Gasteiger charge is -2.24. The van der Waals surface area contributed by atoms with Gasteiger partial charge in [0.15, 0.2) is 0 Å². The third-order valence-electron chi connectivity index (χ3n) is 4.19. The second-order valence-corrected chi connectivity index (χ2v) is 11.2. The van der Waals surface area contributed by atoms with Crippen molar-refractivity contribution in [2.24, 2.45) is 0 Å². The van der Waals surface area contributed by atoms with Crippen LogP contribution in [0.2, 0.25) is 0 Å². The number of nitrogens with zero attached hydrogens (tertiary/aromatic N) is 2. The van der Waals surface area contributed by atoms with Crippen LogP contribution in [0.4, 0.5) is 9.18 Å². The van der Waals surface area contributed by atoms with Crippen LogP contribution in [0, 0.1) is 5.95 Å². The van der Waals surface area contributed by atoms with E-state index in [-0.39, 0.29) is 26.8 Å². The van der Waals surface area contributed by atoms with Gasteiger partial charge < -0.3 is 9.64 Å². The molecule has 2 heterocycles. The number of pyridine rings is 1. The van der Waals surface area contributed by atoms with Crippen LogP contribution < -0.4 is 0 Å². The van der Waals surface area contributed by atoms with E-state index in [4.69, 9.17) is 4.74 Å². The molecule has 0 N–H and O–H groups in total. The van der Waals surface area contributed by atoms with Gasteiger partial charge in [-0.2, -0.15) is 4.39 Å². The average molecular weight is 463 g/mol. The number of rotatable bonds is 5. The Labute approximate surface area is 185 Å². The first-order chi connectivity index (χ1) is 14.5. The molecule has 9 heteroatoms. The summed E-state index contributed by atoms with van der Waals surface area (Å²) in [7, 11) is -2.35. The van der Waals surface area contributed by atoms with E-state index in [9.17, 15) is 17.6 Å². The van der Waals surface area contributed by atoms with Crippen molar-refractivity contribution in [2.75, 3.05) is 7.05 Å². The molecule has 3 rings (SSSR count). The molecule has 2 aromatic heterocycles. The highest BCUT2D eigenvalue weighted by Gasteiger charge is 2.28. The lowest BCUT2D eigenvalue weighted by atomic mass is 10.1. The van der Waals surface area contributed by atoms with Crippen LogP contribution in [0.5, 0.6) is 0 Å². The maximum absolute atomic E-state index is 14.4. The van der Waals surface area contributed by atoms with Crippen molar-refractivity contribution in [3.63, 3.8) is 0 Å². The molecule has 0 radical (unpaired) electrons. The van der Waals surface area contributed by atoms with Gasteiger partial charge >= 0.3 is 6.09 Å². The van der Waals surface area contributed by atoms with Crippen molar-refractivity contribution >= 4 is 27.3 Å². The SMILES string of the molecule is CN(Cc1cc(-c2cccnc2F)c(S(=O)(=O)c2ccccc2)s1)C(=O)OC(C)(C)C. The summed E-state index contributed by atoms with van der Waals surface area (Å²) in [5.41, 5.74) is -0.362. The molecule has 0 bridgehead atoms. The van der Waals surface area contributed by atoms with Gasteiger partial charge in [0.2, 0.25) is 15.8 Å². The Hall–Kier alpha value is -2.78. The molecule has 0 unspecified atom stereocenters. The highest BCUT2D eigenvalue weighted by Crippen LogP contribution is 2.39. The smallest absolute Gasteiger partial charge is 0.410 e. The van der Waals surface area contributed by atoms with Crippen LogP contribution >= 0.6 is 11.3 Å². The fourth-order valence-corrected chi connectivity index (χ4v) is 6.01. The van der Waals surface area contributed by atoms with Gasteiger partial charge in [-0.3, -0.25) is 0 Å². The number of hydrogen-bond donors (Lipinski definition) is 0. The van der Waals surface area contributed by atoms with Gasteiger partial charge in [0.1, 0.15) is 9.81 Å². The normalized spacial score (nSPS) is 11.9. The van der Waals surface area contributed by atoms with E-state index in [1.807, 2.05) is 0 Å². The van der Waals surface area contributed by atoms with Gasteiger partial charge in [-0.1, -0.05) is 18.2 Å². The molecule has 6 nitrogen and oxygen atoms in total. The number of benzene rings is 1. The molecule has 0 aliphatic rings. The summed E-state index contributed by atoms with van der Waals surface area (Å²) in [6, 6.07) is 12.6. The molecule has 0 aliphatic carbocycles. The first-order valence-electron chi connectivity index (χ1n) is 9.47. The molecule has 164 valence electrons. The molecular weight excluding hydrogens is 439 g/mol. The van der Waals surface area contributed by atoms with E-state index >= 15 is 0 Å². The molecule has 1 amide bonds. The second kappa shape index (κ2) is 8.76. The molecule has 0 atom stereocenters. The van der Waals surface area contributed by atoms with E-state index in [1.165, 1.54) is 29.3 Å². The summed E-state index contributed by atoms with van der Waals surface area (Å²) < 4.78 is 46.4. The summed E-state index contributed by atoms with van der Waals surface area (Å²) in [5, 5.41) is 0. The Morgan fingerprint density at radius 2 is 1.81 bits per heavy atom. The Balaban J connectivity index is 2.05. The molecule has 1 aromatic carbocycles. The molecular formula is C22H23FN2O4S2. The summed E-state index contributed by atoms with van der Waals surface area (Å²) in [4.78, 5) is 18.0. The fraction of sp³-hybridized carbons (Fsp3) is 0.273. The maximum Gasteiger partial charge on any atom is 0.410 e. The van der Waals surface area contributed by atoms with Crippen LogP contribution in [-0.4, -0.2) is 37.0 Å². The van der Waals surface area contributed by atoms with Crippen molar-refractivity contribution in [3.8, 4) is 11.1 Å². The standard InChI is InChI=1S/C22H23FN2O4S2/c1-22(2,3)29-21(26)25(4)14-15-13-18(17-11-8-12-24-19(17)23)20(30-15)31(27,28)16-9-6-5-7-10-16/h5-13H,14H2,1-4H3. The van der Waals surface area contributed by atoms with E-state index in [2.05, 4.69) is 4.98 Å². The van der Waals surface area contributed by atoms with Crippen LogP contribution in [0.1, 0.15) is 25.6 Å². The molecule has 0 aliphatic heterocycles. The predicted molar refractivity (Wildman–Crippen MR) is 117 cm³/mol. The quantitative estimate of drug-likeness (QED) is 0.490. The number of aromatic nitrogens is 1. The van der Waals surface area contributed by atoms with Gasteiger partial charge in [-0.15, -0.1) is 11.3 Å². The molecule has 31 heavy (non-hydrogen) atoms. The highest BCUT2D eigenvalue weighted by atomic mass is 32.2. The fourth-order valence-electron chi connectivity index (χ4n) is 2.82. The van der Waals surface area contributed by atoms with Gasteiger partial charge in [-0.05, 0) is 51.1 Å². The number of amides is 1. The number of carbonyl (C=O) groups is 1. The first-order valence-corrected chi connectivity index (χ1v) is 11.8. The van der Waals surface area contributed by atoms with Crippen LogP contribution in [0.3, 0.4) is 0 Å². The minimum Gasteiger partial charge on any atom is -0.444 e. The van der Waals surface area contributed by atoms with Crippen LogP contribution in [0.25, 0.3) is 11.1 Å². The van der Waals surface area contributed by atoms with Gasteiger partial charge in [0.05, 0.1) is 11.4 Å². The third kappa shape index (κ3) is 5.29. The summed E-state index contributed by atoms with van der Waals surface area (Å²) >= 11 is 0.997. The topological polar surface area (TPSA) is 76.6 Å². The maximum atomic E-state index is 14.4. The lowest BCUT2D eigenvalue weighted by molar-refractivity contribution is 0.0286. The third-order valence-corrected chi connectivity index (χ3v) is 7.62. The minimum absolute atomic E-state index is 0.00168. The van der Waals surface area contributed by atoms with Crippen molar-refractivity contribution < 1.29 is 22.3 Å². The largest absolute Gasteiger partial charge is 0.444 e. The zero-order valence-electron chi connectivity index (χ0n) is 17.6. The van der Waals surface area contributed by atoms with Crippen molar-refractivity contribution in [1.29, 1.82) is 0 Å². The number of carbonyl (C=O) groups excluding carboxylic acids is 1. The zero-order valence-corrected chi connectivity index (χ0v) is 19.3. The van der Waals surface area contributed by atoms with E-state index < -0.39 is 27.5 Å². The Bertz CT molecular complexity index is 1190. The number of halogens is 1. The van der Waals surface area contributed by atoms with Crippen molar-refractivity contribution in [1.82, 2.24) is 9.88 Å². The van der Waals surface area contributed by atoms with Crippen molar-refractivity contribution in [2.45, 2.75) is 42.0 Å². The molecule has 3 aromatic rings. The Morgan fingerprint density at radius 1 is 1.13 bits per heavy atom. The Morgan fingerprint density at radius 3 is 2.42 bits per heavy atom. The summed E-state index contributed by atoms with van der Waals surface area (Å²) in [6.45, 7) is 5.39. The van der Waals surface area contributed by atoms with E-state index in [1.54, 1.807) is 58.2 Å². The minimum atomic E-state index is -3.91. The monoisotopic (exact) mass is 462 g/mol. The van der Waals surface area contributed by atoms with Crippen LogP contribution in [-0.2, 0) is 21.1 Å². The van der Waals surface area contributed by atoms with Gasteiger partial charge in [0, 0.05) is 29.2 Å². The Kier molecular flexibility index (Phi) is 6.47. The number of sulfone groups is 1. The summed E-state index contributed by atoms with van der Waals surface area (Å²) in [6.07, 6.45) is 0.760. The predicted octanol–water partition coefficient (Wildman–Crippen LogP) is 5.15. The average Bonchev–Trinajstić information content (AvgIpc) is 3.12. The molecule has 0 spiro atoms. The zero-order chi connectivity index (χ0) is 22.8. The van der Waals surface area contributed by atoms with Crippen LogP contribution in [0.15, 0.2) is 63.8 Å². The summed E-state index contributed by atoms with van der Waals surface area (Å²) in [5.74, 6) is -0.767. The molecule has 0 saturated heterocycles. The van der Waals surface area contributed by atoms with Gasteiger partial charge in [-0.25, -0.2) is 18.2 Å². The first kappa shape index (κ1) is 22.9.